The maximum atomic E-state index is 5.62. The van der Waals surface area contributed by atoms with Crippen LogP contribution in [0, 0.1) is 0 Å². The molecule has 16 heavy (non-hydrogen) atoms. The van der Waals surface area contributed by atoms with Crippen molar-refractivity contribution in [2.24, 2.45) is 5.73 Å². The van der Waals surface area contributed by atoms with Crippen molar-refractivity contribution >= 4 is 0 Å². The highest BCUT2D eigenvalue weighted by Gasteiger charge is 2.19. The molecule has 0 aliphatic carbocycles. The van der Waals surface area contributed by atoms with Gasteiger partial charge >= 0.3 is 0 Å². The van der Waals surface area contributed by atoms with Crippen LogP contribution in [0.5, 0.6) is 5.75 Å². The van der Waals surface area contributed by atoms with Crippen molar-refractivity contribution in [2.45, 2.75) is 39.0 Å². The Kier molecular flexibility index (Phi) is 4.81. The molecule has 0 fully saturated rings. The van der Waals surface area contributed by atoms with Crippen LogP contribution in [0.1, 0.15) is 39.2 Å². The lowest BCUT2D eigenvalue weighted by atomic mass is 9.82. The van der Waals surface area contributed by atoms with Crippen molar-refractivity contribution < 1.29 is 4.74 Å². The number of hydrogen-bond donors (Lipinski definition) is 1. The largest absolute Gasteiger partial charge is 0.494 e. The topological polar surface area (TPSA) is 35.2 Å². The third-order valence-electron chi connectivity index (χ3n) is 2.88. The zero-order valence-corrected chi connectivity index (χ0v) is 10.6. The molecule has 1 rings (SSSR count). The lowest BCUT2D eigenvalue weighted by Crippen LogP contribution is -2.21. The normalized spacial score (nSPS) is 11.5. The molecule has 0 spiro atoms. The zero-order chi connectivity index (χ0) is 12.0. The second-order valence-electron chi connectivity index (χ2n) is 4.80. The first-order valence-corrected chi connectivity index (χ1v) is 6.03. The molecule has 2 N–H and O–H groups in total. The summed E-state index contributed by atoms with van der Waals surface area (Å²) in [5.74, 6) is 0.953. The summed E-state index contributed by atoms with van der Waals surface area (Å²) in [6.07, 6.45) is 2.04. The van der Waals surface area contributed by atoms with E-state index in [2.05, 4.69) is 32.9 Å². The molecular weight excluding hydrogens is 198 g/mol. The molecule has 0 heterocycles. The molecule has 2 heteroatoms. The van der Waals surface area contributed by atoms with Crippen LogP contribution >= 0.6 is 0 Å². The van der Waals surface area contributed by atoms with E-state index in [0.717, 1.165) is 31.7 Å². The van der Waals surface area contributed by atoms with Gasteiger partial charge in [0.25, 0.3) is 0 Å². The molecule has 1 aromatic carbocycles. The monoisotopic (exact) mass is 221 g/mol. The van der Waals surface area contributed by atoms with Crippen molar-refractivity contribution in [3.05, 3.63) is 29.8 Å². The molecule has 0 aliphatic rings. The smallest absolute Gasteiger partial charge is 0.119 e. The van der Waals surface area contributed by atoms with E-state index in [1.54, 1.807) is 0 Å². The lowest BCUT2D eigenvalue weighted by molar-refractivity contribution is 0.317. The SMILES string of the molecule is CCCOc1ccc(C(C)(C)CCN)cc1. The van der Waals surface area contributed by atoms with Crippen molar-refractivity contribution in [1.29, 1.82) is 0 Å². The first-order valence-electron chi connectivity index (χ1n) is 6.03. The minimum absolute atomic E-state index is 0.151. The molecule has 90 valence electrons. The Labute approximate surface area is 98.8 Å². The molecule has 0 bridgehead atoms. The van der Waals surface area contributed by atoms with Gasteiger partial charge in [-0.05, 0) is 42.5 Å². The molecule has 2 nitrogen and oxygen atoms in total. The predicted molar refractivity (Wildman–Crippen MR) is 68.9 cm³/mol. The van der Waals surface area contributed by atoms with Gasteiger partial charge in [0.05, 0.1) is 6.61 Å². The van der Waals surface area contributed by atoms with E-state index in [4.69, 9.17) is 10.5 Å². The predicted octanol–water partition coefficient (Wildman–Crippen LogP) is 3.10. The van der Waals surface area contributed by atoms with E-state index in [1.807, 2.05) is 12.1 Å². The van der Waals surface area contributed by atoms with Crippen molar-refractivity contribution in [3.8, 4) is 5.75 Å². The molecule has 0 atom stereocenters. The Morgan fingerprint density at radius 2 is 1.81 bits per heavy atom. The molecule has 0 saturated heterocycles. The first-order chi connectivity index (χ1) is 7.60. The van der Waals surface area contributed by atoms with E-state index >= 15 is 0 Å². The molecule has 0 amide bonds. The molecule has 0 aromatic heterocycles. The Morgan fingerprint density at radius 3 is 2.31 bits per heavy atom. The fraction of sp³-hybridized carbons (Fsp3) is 0.571. The minimum atomic E-state index is 0.151. The van der Waals surface area contributed by atoms with Gasteiger partial charge in [-0.1, -0.05) is 32.9 Å². The van der Waals surface area contributed by atoms with Crippen molar-refractivity contribution in [2.75, 3.05) is 13.2 Å². The molecule has 0 radical (unpaired) electrons. The van der Waals surface area contributed by atoms with Crippen LogP contribution in [-0.2, 0) is 5.41 Å². The average Bonchev–Trinajstić information content (AvgIpc) is 2.27. The summed E-state index contributed by atoms with van der Waals surface area (Å²) < 4.78 is 5.56. The van der Waals surface area contributed by atoms with Gasteiger partial charge in [-0.15, -0.1) is 0 Å². The lowest BCUT2D eigenvalue weighted by Gasteiger charge is -2.24. The second kappa shape index (κ2) is 5.90. The standard InChI is InChI=1S/C14H23NO/c1-4-11-16-13-7-5-12(6-8-13)14(2,3)9-10-15/h5-8H,4,9-11,15H2,1-3H3. The molecule has 0 aliphatic heterocycles. The van der Waals surface area contributed by atoms with Crippen LogP contribution < -0.4 is 10.5 Å². The third-order valence-corrected chi connectivity index (χ3v) is 2.88. The fourth-order valence-electron chi connectivity index (χ4n) is 1.73. The van der Waals surface area contributed by atoms with Gasteiger partial charge in [0.15, 0.2) is 0 Å². The number of benzene rings is 1. The van der Waals surface area contributed by atoms with Crippen LogP contribution in [0.25, 0.3) is 0 Å². The van der Waals surface area contributed by atoms with Crippen LogP contribution in [0.2, 0.25) is 0 Å². The highest BCUT2D eigenvalue weighted by molar-refractivity contribution is 5.31. The van der Waals surface area contributed by atoms with Gasteiger partial charge in [-0.25, -0.2) is 0 Å². The van der Waals surface area contributed by atoms with E-state index in [0.29, 0.717) is 0 Å². The number of ether oxygens (including phenoxy) is 1. The summed E-state index contributed by atoms with van der Waals surface area (Å²) in [4.78, 5) is 0. The van der Waals surface area contributed by atoms with Crippen LogP contribution in [0.4, 0.5) is 0 Å². The molecule has 1 aromatic rings. The summed E-state index contributed by atoms with van der Waals surface area (Å²) in [5.41, 5.74) is 7.09. The van der Waals surface area contributed by atoms with Crippen molar-refractivity contribution in [3.63, 3.8) is 0 Å². The summed E-state index contributed by atoms with van der Waals surface area (Å²) in [6, 6.07) is 8.37. The number of hydrogen-bond acceptors (Lipinski definition) is 2. The zero-order valence-electron chi connectivity index (χ0n) is 10.6. The number of rotatable bonds is 6. The quantitative estimate of drug-likeness (QED) is 0.801. The molecular formula is C14H23NO. The van der Waals surface area contributed by atoms with E-state index in [-0.39, 0.29) is 5.41 Å². The molecule has 0 saturated carbocycles. The van der Waals surface area contributed by atoms with E-state index in [9.17, 15) is 0 Å². The Hall–Kier alpha value is -1.02. The third kappa shape index (κ3) is 3.53. The van der Waals surface area contributed by atoms with Gasteiger partial charge in [0.1, 0.15) is 5.75 Å². The summed E-state index contributed by atoms with van der Waals surface area (Å²) >= 11 is 0. The van der Waals surface area contributed by atoms with Gasteiger partial charge in [0.2, 0.25) is 0 Å². The Balaban J connectivity index is 2.70. The fourth-order valence-corrected chi connectivity index (χ4v) is 1.73. The second-order valence-corrected chi connectivity index (χ2v) is 4.80. The average molecular weight is 221 g/mol. The van der Waals surface area contributed by atoms with Gasteiger partial charge in [-0.3, -0.25) is 0 Å². The van der Waals surface area contributed by atoms with Gasteiger partial charge < -0.3 is 10.5 Å². The Bertz CT molecular complexity index is 303. The highest BCUT2D eigenvalue weighted by Crippen LogP contribution is 2.27. The van der Waals surface area contributed by atoms with Crippen LogP contribution in [0.3, 0.4) is 0 Å². The number of nitrogens with two attached hydrogens (primary N) is 1. The van der Waals surface area contributed by atoms with Gasteiger partial charge in [-0.2, -0.15) is 0 Å². The summed E-state index contributed by atoms with van der Waals surface area (Å²) in [6.45, 7) is 8.06. The molecule has 0 unspecified atom stereocenters. The highest BCUT2D eigenvalue weighted by atomic mass is 16.5. The van der Waals surface area contributed by atoms with E-state index < -0.39 is 0 Å². The Morgan fingerprint density at radius 1 is 1.19 bits per heavy atom. The van der Waals surface area contributed by atoms with Gasteiger partial charge in [0, 0.05) is 0 Å². The first kappa shape index (κ1) is 13.0. The van der Waals surface area contributed by atoms with Crippen LogP contribution in [0.15, 0.2) is 24.3 Å². The van der Waals surface area contributed by atoms with Crippen LogP contribution in [-0.4, -0.2) is 13.2 Å². The summed E-state index contributed by atoms with van der Waals surface area (Å²) in [5, 5.41) is 0. The van der Waals surface area contributed by atoms with Crippen molar-refractivity contribution in [1.82, 2.24) is 0 Å². The van der Waals surface area contributed by atoms with E-state index in [1.165, 1.54) is 5.56 Å². The maximum absolute atomic E-state index is 5.62. The summed E-state index contributed by atoms with van der Waals surface area (Å²) in [7, 11) is 0. The minimum Gasteiger partial charge on any atom is -0.494 e. The maximum Gasteiger partial charge on any atom is 0.119 e.